The van der Waals surface area contributed by atoms with Crippen LogP contribution in [0.1, 0.15) is 31.4 Å². The standard InChI is InChI=1S/C13H17F4N/c1-8(2)12(18)6-4-9-3-5-11(14)10(7-9)13(15,16)17/h3,5,7-8,12H,4,6,18H2,1-2H3. The van der Waals surface area contributed by atoms with Crippen molar-refractivity contribution in [3.63, 3.8) is 0 Å². The highest BCUT2D eigenvalue weighted by atomic mass is 19.4. The normalized spacial score (nSPS) is 14.0. The SMILES string of the molecule is CC(C)C(N)CCc1ccc(F)c(C(F)(F)F)c1. The molecule has 0 saturated heterocycles. The van der Waals surface area contributed by atoms with E-state index in [2.05, 4.69) is 0 Å². The van der Waals surface area contributed by atoms with Crippen molar-refractivity contribution in [2.45, 2.75) is 38.9 Å². The lowest BCUT2D eigenvalue weighted by atomic mass is 9.97. The molecular weight excluding hydrogens is 246 g/mol. The minimum atomic E-state index is -4.65. The summed E-state index contributed by atoms with van der Waals surface area (Å²) in [6.45, 7) is 3.91. The number of hydrogen-bond acceptors (Lipinski definition) is 1. The highest BCUT2D eigenvalue weighted by Crippen LogP contribution is 2.32. The second kappa shape index (κ2) is 5.69. The van der Waals surface area contributed by atoms with Crippen LogP contribution in [-0.4, -0.2) is 6.04 Å². The zero-order valence-corrected chi connectivity index (χ0v) is 10.4. The van der Waals surface area contributed by atoms with Gasteiger partial charge in [-0.15, -0.1) is 0 Å². The molecule has 0 spiro atoms. The topological polar surface area (TPSA) is 26.0 Å². The lowest BCUT2D eigenvalue weighted by Gasteiger charge is -2.16. The highest BCUT2D eigenvalue weighted by Gasteiger charge is 2.34. The van der Waals surface area contributed by atoms with E-state index in [-0.39, 0.29) is 12.0 Å². The van der Waals surface area contributed by atoms with Gasteiger partial charge in [0.2, 0.25) is 0 Å². The lowest BCUT2D eigenvalue weighted by molar-refractivity contribution is -0.140. The van der Waals surface area contributed by atoms with E-state index in [4.69, 9.17) is 5.73 Å². The number of benzene rings is 1. The summed E-state index contributed by atoms with van der Waals surface area (Å²) >= 11 is 0. The molecular formula is C13H17F4N. The predicted octanol–water partition coefficient (Wildman–Crippen LogP) is 3.76. The summed E-state index contributed by atoms with van der Waals surface area (Å²) in [6, 6.07) is 3.03. The van der Waals surface area contributed by atoms with Crippen LogP contribution in [0.2, 0.25) is 0 Å². The molecule has 0 saturated carbocycles. The van der Waals surface area contributed by atoms with E-state index in [1.807, 2.05) is 13.8 Å². The Kier molecular flexibility index (Phi) is 4.73. The summed E-state index contributed by atoms with van der Waals surface area (Å²) < 4.78 is 50.5. The molecule has 0 aliphatic rings. The van der Waals surface area contributed by atoms with E-state index >= 15 is 0 Å². The fraction of sp³-hybridized carbons (Fsp3) is 0.538. The van der Waals surface area contributed by atoms with Gasteiger partial charge in [0.1, 0.15) is 5.82 Å². The molecule has 1 nitrogen and oxygen atoms in total. The van der Waals surface area contributed by atoms with Gasteiger partial charge in [-0.1, -0.05) is 19.9 Å². The van der Waals surface area contributed by atoms with E-state index in [0.29, 0.717) is 18.4 Å². The van der Waals surface area contributed by atoms with Gasteiger partial charge in [-0.3, -0.25) is 0 Å². The molecule has 1 unspecified atom stereocenters. The van der Waals surface area contributed by atoms with E-state index in [9.17, 15) is 17.6 Å². The van der Waals surface area contributed by atoms with Gasteiger partial charge in [-0.25, -0.2) is 4.39 Å². The molecule has 0 aliphatic heterocycles. The van der Waals surface area contributed by atoms with Gasteiger partial charge in [0.05, 0.1) is 5.56 Å². The molecule has 0 heterocycles. The molecule has 0 aromatic heterocycles. The first kappa shape index (κ1) is 15.0. The van der Waals surface area contributed by atoms with E-state index in [1.165, 1.54) is 6.07 Å². The fourth-order valence-corrected chi connectivity index (χ4v) is 1.61. The highest BCUT2D eigenvalue weighted by molar-refractivity contribution is 5.27. The van der Waals surface area contributed by atoms with Crippen LogP contribution < -0.4 is 5.73 Å². The predicted molar refractivity (Wildman–Crippen MR) is 62.5 cm³/mol. The van der Waals surface area contributed by atoms with Crippen LogP contribution >= 0.6 is 0 Å². The van der Waals surface area contributed by atoms with E-state index in [0.717, 1.165) is 12.1 Å². The van der Waals surface area contributed by atoms with Crippen LogP contribution in [0.3, 0.4) is 0 Å². The van der Waals surface area contributed by atoms with Crippen LogP contribution in [0.5, 0.6) is 0 Å². The van der Waals surface area contributed by atoms with Gasteiger partial charge >= 0.3 is 6.18 Å². The quantitative estimate of drug-likeness (QED) is 0.822. The van der Waals surface area contributed by atoms with Crippen LogP contribution in [-0.2, 0) is 12.6 Å². The Bertz CT molecular complexity index is 398. The Hall–Kier alpha value is -1.10. The Balaban J connectivity index is 2.80. The monoisotopic (exact) mass is 263 g/mol. The van der Waals surface area contributed by atoms with E-state index in [1.54, 1.807) is 0 Å². The maximum Gasteiger partial charge on any atom is 0.419 e. The molecule has 1 aromatic carbocycles. The average molecular weight is 263 g/mol. The molecule has 0 radical (unpaired) electrons. The van der Waals surface area contributed by atoms with Crippen molar-refractivity contribution in [1.29, 1.82) is 0 Å². The molecule has 1 atom stereocenters. The molecule has 0 fully saturated rings. The zero-order chi connectivity index (χ0) is 13.9. The first-order valence-electron chi connectivity index (χ1n) is 5.83. The molecule has 102 valence electrons. The van der Waals surface area contributed by atoms with Crippen molar-refractivity contribution in [3.05, 3.63) is 35.1 Å². The Morgan fingerprint density at radius 2 is 1.83 bits per heavy atom. The first-order chi connectivity index (χ1) is 8.21. The third kappa shape index (κ3) is 3.98. The Morgan fingerprint density at radius 3 is 2.33 bits per heavy atom. The Morgan fingerprint density at radius 1 is 1.22 bits per heavy atom. The second-order valence-corrected chi connectivity index (χ2v) is 4.76. The van der Waals surface area contributed by atoms with Crippen molar-refractivity contribution >= 4 is 0 Å². The first-order valence-corrected chi connectivity index (χ1v) is 5.83. The van der Waals surface area contributed by atoms with Crippen LogP contribution in [0.15, 0.2) is 18.2 Å². The molecule has 18 heavy (non-hydrogen) atoms. The number of halogens is 4. The maximum absolute atomic E-state index is 13.0. The number of rotatable bonds is 4. The average Bonchev–Trinajstić information content (AvgIpc) is 2.25. The summed E-state index contributed by atoms with van der Waals surface area (Å²) in [5.74, 6) is -0.966. The molecule has 0 aliphatic carbocycles. The third-order valence-corrected chi connectivity index (χ3v) is 2.96. The minimum absolute atomic E-state index is 0.0654. The molecule has 0 amide bonds. The molecule has 1 aromatic rings. The van der Waals surface area contributed by atoms with Crippen LogP contribution in [0, 0.1) is 11.7 Å². The molecule has 2 N–H and O–H groups in total. The largest absolute Gasteiger partial charge is 0.419 e. The van der Waals surface area contributed by atoms with Crippen molar-refractivity contribution in [2.24, 2.45) is 11.7 Å². The van der Waals surface area contributed by atoms with Gasteiger partial charge < -0.3 is 5.73 Å². The van der Waals surface area contributed by atoms with Gasteiger partial charge in [0.25, 0.3) is 0 Å². The molecule has 1 rings (SSSR count). The lowest BCUT2D eigenvalue weighted by Crippen LogP contribution is -2.26. The van der Waals surface area contributed by atoms with Crippen LogP contribution in [0.4, 0.5) is 17.6 Å². The van der Waals surface area contributed by atoms with Crippen molar-refractivity contribution in [3.8, 4) is 0 Å². The maximum atomic E-state index is 13.0. The summed E-state index contributed by atoms with van der Waals surface area (Å²) in [7, 11) is 0. The summed E-state index contributed by atoms with van der Waals surface area (Å²) in [4.78, 5) is 0. The molecule has 0 bridgehead atoms. The van der Waals surface area contributed by atoms with Gasteiger partial charge in [-0.05, 0) is 36.5 Å². The van der Waals surface area contributed by atoms with Crippen molar-refractivity contribution < 1.29 is 17.6 Å². The number of nitrogens with two attached hydrogens (primary N) is 1. The third-order valence-electron chi connectivity index (χ3n) is 2.96. The second-order valence-electron chi connectivity index (χ2n) is 4.76. The fourth-order valence-electron chi connectivity index (χ4n) is 1.61. The molecule has 5 heteroatoms. The van der Waals surface area contributed by atoms with Gasteiger partial charge in [0, 0.05) is 6.04 Å². The zero-order valence-electron chi connectivity index (χ0n) is 10.4. The number of hydrogen-bond donors (Lipinski definition) is 1. The van der Waals surface area contributed by atoms with Gasteiger partial charge in [-0.2, -0.15) is 13.2 Å². The van der Waals surface area contributed by atoms with Gasteiger partial charge in [0.15, 0.2) is 0 Å². The smallest absolute Gasteiger partial charge is 0.327 e. The number of alkyl halides is 3. The minimum Gasteiger partial charge on any atom is -0.327 e. The Labute approximate surface area is 104 Å². The summed E-state index contributed by atoms with van der Waals surface area (Å²) in [6.07, 6.45) is -3.65. The summed E-state index contributed by atoms with van der Waals surface area (Å²) in [5, 5.41) is 0. The number of aryl methyl sites for hydroxylation is 1. The summed E-state index contributed by atoms with van der Waals surface area (Å²) in [5.41, 5.74) is 5.07. The van der Waals surface area contributed by atoms with Crippen LogP contribution in [0.25, 0.3) is 0 Å². The van der Waals surface area contributed by atoms with Crippen molar-refractivity contribution in [1.82, 2.24) is 0 Å². The van der Waals surface area contributed by atoms with E-state index < -0.39 is 17.6 Å². The van der Waals surface area contributed by atoms with Crippen molar-refractivity contribution in [2.75, 3.05) is 0 Å².